The first-order valence-corrected chi connectivity index (χ1v) is 9.53. The highest BCUT2D eigenvalue weighted by atomic mass is 35.5. The molecular formula is C20H24ClN3O2. The lowest BCUT2D eigenvalue weighted by Gasteiger charge is -2.11. The van der Waals surface area contributed by atoms with Crippen LogP contribution in [0.3, 0.4) is 0 Å². The molecule has 2 aromatic rings. The summed E-state index contributed by atoms with van der Waals surface area (Å²) < 4.78 is 5.26. The van der Waals surface area contributed by atoms with E-state index in [9.17, 15) is 10.1 Å². The Bertz CT molecular complexity index is 773. The smallest absolute Gasteiger partial charge is 0.329 e. The Labute approximate surface area is 159 Å². The number of esters is 1. The van der Waals surface area contributed by atoms with Crippen LogP contribution < -0.4 is 0 Å². The van der Waals surface area contributed by atoms with E-state index in [1.54, 1.807) is 12.1 Å². The summed E-state index contributed by atoms with van der Waals surface area (Å²) in [5.41, 5.74) is 1.36. The molecular weight excluding hydrogens is 350 g/mol. The number of rotatable bonds is 10. The van der Waals surface area contributed by atoms with Gasteiger partial charge in [-0.1, -0.05) is 69.2 Å². The average molecular weight is 374 g/mol. The predicted molar refractivity (Wildman–Crippen MR) is 102 cm³/mol. The number of carbonyl (C=O) groups is 1. The SMILES string of the molecule is CCCCCCCCCOC(=O)C(C#N)c1nc2ccccc2nc1Cl. The second-order valence-corrected chi connectivity index (χ2v) is 6.60. The third-order valence-corrected chi connectivity index (χ3v) is 4.46. The highest BCUT2D eigenvalue weighted by Crippen LogP contribution is 2.24. The monoisotopic (exact) mass is 373 g/mol. The van der Waals surface area contributed by atoms with Gasteiger partial charge in [0.05, 0.1) is 23.7 Å². The largest absolute Gasteiger partial charge is 0.464 e. The van der Waals surface area contributed by atoms with Crippen molar-refractivity contribution in [3.8, 4) is 6.07 Å². The van der Waals surface area contributed by atoms with Crippen molar-refractivity contribution < 1.29 is 9.53 Å². The van der Waals surface area contributed by atoms with Gasteiger partial charge in [0.2, 0.25) is 0 Å². The quantitative estimate of drug-likeness (QED) is 0.423. The van der Waals surface area contributed by atoms with Crippen molar-refractivity contribution in [2.75, 3.05) is 6.61 Å². The predicted octanol–water partition coefficient (Wildman–Crippen LogP) is 5.18. The summed E-state index contributed by atoms with van der Waals surface area (Å²) in [7, 11) is 0. The van der Waals surface area contributed by atoms with Gasteiger partial charge in [-0.3, -0.25) is 4.79 Å². The molecule has 26 heavy (non-hydrogen) atoms. The van der Waals surface area contributed by atoms with Gasteiger partial charge in [-0.2, -0.15) is 5.26 Å². The molecule has 0 fully saturated rings. The Hall–Kier alpha value is -2.19. The van der Waals surface area contributed by atoms with Gasteiger partial charge in [-0.25, -0.2) is 9.97 Å². The van der Waals surface area contributed by atoms with Crippen LogP contribution in [0.2, 0.25) is 5.15 Å². The third-order valence-electron chi connectivity index (χ3n) is 4.18. The molecule has 0 saturated carbocycles. The Morgan fingerprint density at radius 1 is 1.12 bits per heavy atom. The Balaban J connectivity index is 1.89. The standard InChI is InChI=1S/C20H24ClN3O2/c1-2-3-4-5-6-7-10-13-26-20(25)15(14-22)18-19(21)24-17-12-9-8-11-16(17)23-18/h8-9,11-12,15H,2-7,10,13H2,1H3. The number of benzene rings is 1. The molecule has 1 unspecified atom stereocenters. The summed E-state index contributed by atoms with van der Waals surface area (Å²) in [6.07, 6.45) is 7.93. The molecule has 0 amide bonds. The highest BCUT2D eigenvalue weighted by molar-refractivity contribution is 6.30. The lowest BCUT2D eigenvalue weighted by Crippen LogP contribution is -2.17. The topological polar surface area (TPSA) is 75.9 Å². The number of unbranched alkanes of at least 4 members (excludes halogenated alkanes) is 6. The molecule has 6 heteroatoms. The number of hydrogen-bond acceptors (Lipinski definition) is 5. The summed E-state index contributed by atoms with van der Waals surface area (Å²) in [4.78, 5) is 20.8. The van der Waals surface area contributed by atoms with Crippen molar-refractivity contribution in [1.82, 2.24) is 9.97 Å². The maximum atomic E-state index is 12.3. The lowest BCUT2D eigenvalue weighted by molar-refractivity contribution is -0.144. The molecule has 0 radical (unpaired) electrons. The van der Waals surface area contributed by atoms with Gasteiger partial charge >= 0.3 is 5.97 Å². The molecule has 0 saturated heterocycles. The normalized spacial score (nSPS) is 11.9. The van der Waals surface area contributed by atoms with E-state index in [2.05, 4.69) is 16.9 Å². The van der Waals surface area contributed by atoms with Crippen LogP contribution in [0.4, 0.5) is 0 Å². The van der Waals surface area contributed by atoms with Crippen molar-refractivity contribution in [3.05, 3.63) is 35.1 Å². The number of halogens is 1. The van der Waals surface area contributed by atoms with Crippen LogP contribution >= 0.6 is 11.6 Å². The van der Waals surface area contributed by atoms with Crippen molar-refractivity contribution in [2.24, 2.45) is 0 Å². The Kier molecular flexibility index (Phi) is 8.30. The summed E-state index contributed by atoms with van der Waals surface area (Å²) in [5, 5.41) is 9.45. The minimum Gasteiger partial charge on any atom is -0.464 e. The highest BCUT2D eigenvalue weighted by Gasteiger charge is 2.27. The van der Waals surface area contributed by atoms with Crippen LogP contribution in [0, 0.1) is 11.3 Å². The van der Waals surface area contributed by atoms with Crippen LogP contribution in [0.5, 0.6) is 0 Å². The molecule has 1 atom stereocenters. The third kappa shape index (κ3) is 5.67. The number of ether oxygens (including phenoxy) is 1. The molecule has 5 nitrogen and oxygen atoms in total. The summed E-state index contributed by atoms with van der Waals surface area (Å²) in [6.45, 7) is 2.50. The minimum absolute atomic E-state index is 0.0584. The molecule has 1 aromatic carbocycles. The average Bonchev–Trinajstić information content (AvgIpc) is 2.65. The Morgan fingerprint density at radius 3 is 2.38 bits per heavy atom. The van der Waals surface area contributed by atoms with E-state index in [0.717, 1.165) is 19.3 Å². The van der Waals surface area contributed by atoms with E-state index in [4.69, 9.17) is 16.3 Å². The molecule has 0 N–H and O–H groups in total. The van der Waals surface area contributed by atoms with E-state index < -0.39 is 11.9 Å². The molecule has 0 aliphatic carbocycles. The van der Waals surface area contributed by atoms with Gasteiger partial charge < -0.3 is 4.74 Å². The van der Waals surface area contributed by atoms with Gasteiger partial charge in [0.25, 0.3) is 0 Å². The molecule has 1 aromatic heterocycles. The van der Waals surface area contributed by atoms with E-state index in [0.29, 0.717) is 17.6 Å². The maximum Gasteiger partial charge on any atom is 0.329 e. The zero-order valence-corrected chi connectivity index (χ0v) is 15.8. The first kappa shape index (κ1) is 20.1. The minimum atomic E-state index is -1.16. The number of hydrogen-bond donors (Lipinski definition) is 0. The number of para-hydroxylation sites is 2. The lowest BCUT2D eigenvalue weighted by atomic mass is 10.1. The van der Waals surface area contributed by atoms with Gasteiger partial charge in [0.15, 0.2) is 11.1 Å². The van der Waals surface area contributed by atoms with Crippen LogP contribution in [-0.2, 0) is 9.53 Å². The summed E-state index contributed by atoms with van der Waals surface area (Å²) in [5.74, 6) is -1.78. The van der Waals surface area contributed by atoms with Gasteiger partial charge in [-0.05, 0) is 18.6 Å². The molecule has 2 rings (SSSR count). The molecule has 1 heterocycles. The second kappa shape index (κ2) is 10.7. The molecule has 0 aliphatic rings. The van der Waals surface area contributed by atoms with E-state index in [1.165, 1.54) is 25.7 Å². The molecule has 138 valence electrons. The molecule has 0 aliphatic heterocycles. The zero-order chi connectivity index (χ0) is 18.8. The number of fused-ring (bicyclic) bond motifs is 1. The maximum absolute atomic E-state index is 12.3. The van der Waals surface area contributed by atoms with Crippen molar-refractivity contribution in [2.45, 2.75) is 57.8 Å². The second-order valence-electron chi connectivity index (χ2n) is 6.24. The van der Waals surface area contributed by atoms with Gasteiger partial charge in [0.1, 0.15) is 5.69 Å². The van der Waals surface area contributed by atoms with Crippen molar-refractivity contribution in [1.29, 1.82) is 5.26 Å². The molecule has 0 bridgehead atoms. The Morgan fingerprint density at radius 2 is 1.73 bits per heavy atom. The zero-order valence-electron chi connectivity index (χ0n) is 15.1. The van der Waals surface area contributed by atoms with Crippen LogP contribution in [0.25, 0.3) is 11.0 Å². The van der Waals surface area contributed by atoms with Crippen molar-refractivity contribution in [3.63, 3.8) is 0 Å². The van der Waals surface area contributed by atoms with Gasteiger partial charge in [0, 0.05) is 0 Å². The fraction of sp³-hybridized carbons (Fsp3) is 0.500. The molecule has 0 spiro atoms. The summed E-state index contributed by atoms with van der Waals surface area (Å²) in [6, 6.07) is 9.12. The number of nitrogens with zero attached hydrogens (tertiary/aromatic N) is 3. The van der Waals surface area contributed by atoms with Crippen LogP contribution in [-0.4, -0.2) is 22.5 Å². The van der Waals surface area contributed by atoms with E-state index in [1.807, 2.05) is 18.2 Å². The first-order valence-electron chi connectivity index (χ1n) is 9.15. The number of aromatic nitrogens is 2. The van der Waals surface area contributed by atoms with E-state index >= 15 is 0 Å². The number of nitriles is 1. The first-order chi connectivity index (χ1) is 12.7. The van der Waals surface area contributed by atoms with Crippen molar-refractivity contribution >= 4 is 28.6 Å². The van der Waals surface area contributed by atoms with Gasteiger partial charge in [-0.15, -0.1) is 0 Å². The number of carbonyl (C=O) groups excluding carboxylic acids is 1. The van der Waals surface area contributed by atoms with Crippen LogP contribution in [0.15, 0.2) is 24.3 Å². The van der Waals surface area contributed by atoms with Crippen LogP contribution in [0.1, 0.15) is 63.5 Å². The summed E-state index contributed by atoms with van der Waals surface area (Å²) >= 11 is 6.13. The fourth-order valence-corrected chi connectivity index (χ4v) is 2.96. The van der Waals surface area contributed by atoms with E-state index in [-0.39, 0.29) is 10.8 Å². The fourth-order valence-electron chi connectivity index (χ4n) is 2.72.